The van der Waals surface area contributed by atoms with Gasteiger partial charge in [-0.15, -0.1) is 0 Å². The van der Waals surface area contributed by atoms with Crippen LogP contribution in [0.15, 0.2) is 60.7 Å². The van der Waals surface area contributed by atoms with Gasteiger partial charge in [0.1, 0.15) is 5.60 Å². The van der Waals surface area contributed by atoms with E-state index in [1.165, 1.54) is 0 Å². The van der Waals surface area contributed by atoms with Crippen molar-refractivity contribution in [3.8, 4) is 0 Å². The molecule has 0 unspecified atom stereocenters. The van der Waals surface area contributed by atoms with Gasteiger partial charge in [0.2, 0.25) is 0 Å². The number of rotatable bonds is 5. The van der Waals surface area contributed by atoms with E-state index in [1.54, 1.807) is 0 Å². The van der Waals surface area contributed by atoms with Crippen LogP contribution in [0.25, 0.3) is 0 Å². The Bertz CT molecular complexity index is 608. The van der Waals surface area contributed by atoms with Crippen LogP contribution >= 0.6 is 0 Å². The molecule has 2 rings (SSSR count). The van der Waals surface area contributed by atoms with Crippen LogP contribution in [0.4, 0.5) is 4.79 Å². The highest BCUT2D eigenvalue weighted by atomic mass is 16.6. The molecule has 0 aliphatic carbocycles. The van der Waals surface area contributed by atoms with Gasteiger partial charge in [0.25, 0.3) is 0 Å². The molecule has 0 atom stereocenters. The van der Waals surface area contributed by atoms with Crippen LogP contribution in [0.1, 0.15) is 31.9 Å². The molecule has 128 valence electrons. The molecule has 2 aromatic rings. The minimum Gasteiger partial charge on any atom is -0.444 e. The summed E-state index contributed by atoms with van der Waals surface area (Å²) in [4.78, 5) is 12.1. The van der Waals surface area contributed by atoms with Crippen molar-refractivity contribution >= 4 is 6.09 Å². The van der Waals surface area contributed by atoms with Crippen LogP contribution in [0.3, 0.4) is 0 Å². The van der Waals surface area contributed by atoms with Gasteiger partial charge in [0, 0.05) is 6.54 Å². The lowest BCUT2D eigenvalue weighted by atomic mass is 9.75. The summed E-state index contributed by atoms with van der Waals surface area (Å²) in [5.41, 5.74) is 0.592. The van der Waals surface area contributed by atoms with E-state index >= 15 is 0 Å². The molecule has 4 nitrogen and oxygen atoms in total. The molecule has 0 bridgehead atoms. The van der Waals surface area contributed by atoms with Gasteiger partial charge in [0.15, 0.2) is 0 Å². The number of hydrogen-bond donors (Lipinski definition) is 2. The molecule has 0 fully saturated rings. The molecule has 0 aromatic heterocycles. The van der Waals surface area contributed by atoms with Crippen molar-refractivity contribution in [2.75, 3.05) is 13.2 Å². The van der Waals surface area contributed by atoms with E-state index in [2.05, 4.69) is 5.32 Å². The SMILES string of the molecule is CC(C)(C)OC(=O)NCC(CO)(c1ccccc1)c1ccccc1. The topological polar surface area (TPSA) is 58.6 Å². The van der Waals surface area contributed by atoms with Crippen LogP contribution in [-0.4, -0.2) is 30.0 Å². The number of nitrogens with one attached hydrogen (secondary N) is 1. The van der Waals surface area contributed by atoms with E-state index in [0.29, 0.717) is 0 Å². The number of hydrogen-bond acceptors (Lipinski definition) is 3. The summed E-state index contributed by atoms with van der Waals surface area (Å²) in [6.07, 6.45) is -0.493. The minimum absolute atomic E-state index is 0.128. The Hall–Kier alpha value is -2.33. The van der Waals surface area contributed by atoms with E-state index in [0.717, 1.165) is 11.1 Å². The summed E-state index contributed by atoms with van der Waals surface area (Å²) in [5, 5.41) is 13.0. The number of amides is 1. The monoisotopic (exact) mass is 327 g/mol. The third-order valence-electron chi connectivity index (χ3n) is 3.86. The summed E-state index contributed by atoms with van der Waals surface area (Å²) in [7, 11) is 0. The maximum Gasteiger partial charge on any atom is 0.407 e. The minimum atomic E-state index is -0.723. The molecular formula is C20H25NO3. The number of carbonyl (C=O) groups excluding carboxylic acids is 1. The third-order valence-corrected chi connectivity index (χ3v) is 3.86. The van der Waals surface area contributed by atoms with Crippen LogP contribution in [0.2, 0.25) is 0 Å². The number of carbonyl (C=O) groups is 1. The molecule has 2 N–H and O–H groups in total. The van der Waals surface area contributed by atoms with Crippen LogP contribution in [0, 0.1) is 0 Å². The fourth-order valence-electron chi connectivity index (χ4n) is 2.66. The molecular weight excluding hydrogens is 302 g/mol. The Balaban J connectivity index is 2.32. The summed E-state index contributed by atoms with van der Waals surface area (Å²) in [6.45, 7) is 5.57. The zero-order chi connectivity index (χ0) is 17.6. The van der Waals surface area contributed by atoms with Crippen molar-refractivity contribution < 1.29 is 14.6 Å². The van der Waals surface area contributed by atoms with Gasteiger partial charge >= 0.3 is 6.09 Å². The maximum atomic E-state index is 12.1. The second-order valence-electron chi connectivity index (χ2n) is 6.83. The molecule has 0 aliphatic rings. The van der Waals surface area contributed by atoms with Crippen molar-refractivity contribution in [1.82, 2.24) is 5.32 Å². The average molecular weight is 327 g/mol. The zero-order valence-electron chi connectivity index (χ0n) is 14.5. The van der Waals surface area contributed by atoms with Gasteiger partial charge in [-0.2, -0.15) is 0 Å². The normalized spacial score (nSPS) is 11.8. The number of aliphatic hydroxyl groups is 1. The van der Waals surface area contributed by atoms with E-state index in [4.69, 9.17) is 4.74 Å². The third kappa shape index (κ3) is 4.36. The number of benzene rings is 2. The molecule has 0 saturated carbocycles. The Labute approximate surface area is 143 Å². The first-order valence-corrected chi connectivity index (χ1v) is 8.06. The lowest BCUT2D eigenvalue weighted by molar-refractivity contribution is 0.0511. The van der Waals surface area contributed by atoms with Crippen LogP contribution in [-0.2, 0) is 10.2 Å². The van der Waals surface area contributed by atoms with Crippen LogP contribution in [0.5, 0.6) is 0 Å². The largest absolute Gasteiger partial charge is 0.444 e. The van der Waals surface area contributed by atoms with Gasteiger partial charge in [0.05, 0.1) is 12.0 Å². The van der Waals surface area contributed by atoms with Crippen molar-refractivity contribution in [2.24, 2.45) is 0 Å². The molecule has 0 aliphatic heterocycles. The Morgan fingerprint density at radius 3 is 1.79 bits per heavy atom. The second-order valence-corrected chi connectivity index (χ2v) is 6.83. The van der Waals surface area contributed by atoms with Gasteiger partial charge in [-0.25, -0.2) is 4.79 Å². The highest BCUT2D eigenvalue weighted by molar-refractivity contribution is 5.68. The zero-order valence-corrected chi connectivity index (χ0v) is 14.5. The number of aliphatic hydroxyl groups excluding tert-OH is 1. The molecule has 0 heterocycles. The highest BCUT2D eigenvalue weighted by Gasteiger charge is 2.34. The predicted octanol–water partition coefficient (Wildman–Crippen LogP) is 3.49. The lowest BCUT2D eigenvalue weighted by Crippen LogP contribution is -2.45. The molecule has 2 aromatic carbocycles. The first-order chi connectivity index (χ1) is 11.4. The van der Waals surface area contributed by atoms with Crippen molar-refractivity contribution in [3.63, 3.8) is 0 Å². The van der Waals surface area contributed by atoms with Crippen molar-refractivity contribution in [2.45, 2.75) is 31.8 Å². The lowest BCUT2D eigenvalue weighted by Gasteiger charge is -2.33. The summed E-state index contributed by atoms with van der Waals surface area (Å²) >= 11 is 0. The maximum absolute atomic E-state index is 12.1. The smallest absolute Gasteiger partial charge is 0.407 e. The molecule has 0 spiro atoms. The summed E-state index contributed by atoms with van der Waals surface area (Å²) in [5.74, 6) is 0. The Morgan fingerprint density at radius 2 is 1.42 bits per heavy atom. The molecule has 0 radical (unpaired) electrons. The second kappa shape index (κ2) is 7.49. The number of ether oxygens (including phenoxy) is 1. The van der Waals surface area contributed by atoms with Crippen molar-refractivity contribution in [1.29, 1.82) is 0 Å². The van der Waals surface area contributed by atoms with Gasteiger partial charge < -0.3 is 15.2 Å². The van der Waals surface area contributed by atoms with Gasteiger partial charge in [-0.05, 0) is 31.9 Å². The first kappa shape index (κ1) is 18.0. The fourth-order valence-corrected chi connectivity index (χ4v) is 2.66. The fraction of sp³-hybridized carbons (Fsp3) is 0.350. The quantitative estimate of drug-likeness (QED) is 0.884. The van der Waals surface area contributed by atoms with E-state index in [9.17, 15) is 9.90 Å². The predicted molar refractivity (Wildman–Crippen MR) is 95.0 cm³/mol. The Kier molecular flexibility index (Phi) is 5.62. The average Bonchev–Trinajstić information content (AvgIpc) is 2.56. The standard InChI is InChI=1S/C20H25NO3/c1-19(2,3)24-18(23)21-14-20(15-22,16-10-6-4-7-11-16)17-12-8-5-9-13-17/h4-13,22H,14-15H2,1-3H3,(H,21,23). The molecule has 1 amide bonds. The number of alkyl carbamates (subject to hydrolysis) is 1. The van der Waals surface area contributed by atoms with E-state index in [-0.39, 0.29) is 13.2 Å². The van der Waals surface area contributed by atoms with Gasteiger partial charge in [-0.3, -0.25) is 0 Å². The Morgan fingerprint density at radius 1 is 0.958 bits per heavy atom. The summed E-state index contributed by atoms with van der Waals surface area (Å²) in [6, 6.07) is 19.4. The molecule has 4 heteroatoms. The summed E-state index contributed by atoms with van der Waals surface area (Å²) < 4.78 is 5.32. The van der Waals surface area contributed by atoms with Gasteiger partial charge in [-0.1, -0.05) is 60.7 Å². The molecule has 0 saturated heterocycles. The van der Waals surface area contributed by atoms with E-state index in [1.807, 2.05) is 81.4 Å². The van der Waals surface area contributed by atoms with Crippen molar-refractivity contribution in [3.05, 3.63) is 71.8 Å². The van der Waals surface area contributed by atoms with Crippen LogP contribution < -0.4 is 5.32 Å². The van der Waals surface area contributed by atoms with E-state index < -0.39 is 17.1 Å². The first-order valence-electron chi connectivity index (χ1n) is 8.06. The molecule has 24 heavy (non-hydrogen) atoms. The highest BCUT2D eigenvalue weighted by Crippen LogP contribution is 2.31.